The van der Waals surface area contributed by atoms with Crippen molar-refractivity contribution >= 4 is 39.1 Å². The van der Waals surface area contributed by atoms with Gasteiger partial charge in [0, 0.05) is 23.1 Å². The van der Waals surface area contributed by atoms with Crippen LogP contribution >= 0.6 is 15.9 Å². The zero-order chi connectivity index (χ0) is 19.8. The molecule has 0 aliphatic carbocycles. The zero-order valence-corrected chi connectivity index (χ0v) is 17.1. The van der Waals surface area contributed by atoms with E-state index in [1.54, 1.807) is 24.3 Å². The number of benzene rings is 2. The lowest BCUT2D eigenvalue weighted by molar-refractivity contribution is 0.0582. The number of piperidine rings is 1. The predicted molar refractivity (Wildman–Crippen MR) is 110 cm³/mol. The number of nitrogens with zero attached hydrogens (tertiary/aromatic N) is 2. The summed E-state index contributed by atoms with van der Waals surface area (Å²) in [5.74, 6) is -0.891. The smallest absolute Gasteiger partial charge is 0.257 e. The van der Waals surface area contributed by atoms with Crippen LogP contribution in [-0.4, -0.2) is 36.0 Å². The first-order valence-corrected chi connectivity index (χ1v) is 10.3. The molecule has 0 radical (unpaired) electrons. The molecule has 7 heteroatoms. The number of hydrogen-bond donors (Lipinski definition) is 1. The molecule has 4 rings (SSSR count). The number of halogens is 2. The molecule has 146 valence electrons. The fourth-order valence-electron chi connectivity index (χ4n) is 4.05. The van der Waals surface area contributed by atoms with Crippen LogP contribution in [0.5, 0.6) is 0 Å². The van der Waals surface area contributed by atoms with Crippen molar-refractivity contribution in [2.75, 3.05) is 23.3 Å². The molecule has 1 atom stereocenters. The SMILES string of the molecule is CCN1c2cc(C(=O)Nc3ccc(Br)cc3F)ccc2C(=O)N2CCCC[C@H]21. The zero-order valence-electron chi connectivity index (χ0n) is 15.5. The first-order valence-electron chi connectivity index (χ1n) is 9.47. The Morgan fingerprint density at radius 3 is 2.82 bits per heavy atom. The summed E-state index contributed by atoms with van der Waals surface area (Å²) in [5, 5.41) is 2.61. The molecular weight excluding hydrogens is 425 g/mol. The maximum absolute atomic E-state index is 14.1. The second-order valence-electron chi connectivity index (χ2n) is 7.07. The number of hydrogen-bond acceptors (Lipinski definition) is 3. The van der Waals surface area contributed by atoms with E-state index in [9.17, 15) is 14.0 Å². The Bertz CT molecular complexity index is 949. The Labute approximate surface area is 171 Å². The largest absolute Gasteiger partial charge is 0.351 e. The van der Waals surface area contributed by atoms with E-state index in [4.69, 9.17) is 0 Å². The summed E-state index contributed by atoms with van der Waals surface area (Å²) in [4.78, 5) is 29.7. The first kappa shape index (κ1) is 18.9. The van der Waals surface area contributed by atoms with E-state index in [1.165, 1.54) is 12.1 Å². The lowest BCUT2D eigenvalue weighted by atomic mass is 9.97. The van der Waals surface area contributed by atoms with Crippen LogP contribution in [0.25, 0.3) is 0 Å². The highest BCUT2D eigenvalue weighted by molar-refractivity contribution is 9.10. The van der Waals surface area contributed by atoms with Crippen LogP contribution in [0, 0.1) is 5.82 Å². The van der Waals surface area contributed by atoms with Gasteiger partial charge in [-0.2, -0.15) is 0 Å². The molecule has 2 aromatic carbocycles. The molecule has 2 aromatic rings. The second kappa shape index (κ2) is 7.54. The minimum Gasteiger partial charge on any atom is -0.351 e. The van der Waals surface area contributed by atoms with Gasteiger partial charge in [-0.1, -0.05) is 15.9 Å². The fraction of sp³-hybridized carbons (Fsp3) is 0.333. The Kier molecular flexibility index (Phi) is 5.10. The van der Waals surface area contributed by atoms with Crippen molar-refractivity contribution in [1.82, 2.24) is 4.90 Å². The van der Waals surface area contributed by atoms with E-state index in [0.717, 1.165) is 38.0 Å². The van der Waals surface area contributed by atoms with Crippen LogP contribution in [0.1, 0.15) is 46.9 Å². The topological polar surface area (TPSA) is 52.7 Å². The normalized spacial score (nSPS) is 18.5. The molecule has 0 spiro atoms. The molecule has 1 fully saturated rings. The number of nitrogens with one attached hydrogen (secondary N) is 1. The van der Waals surface area contributed by atoms with Gasteiger partial charge < -0.3 is 15.1 Å². The van der Waals surface area contributed by atoms with E-state index >= 15 is 0 Å². The Morgan fingerprint density at radius 2 is 2.07 bits per heavy atom. The van der Waals surface area contributed by atoms with Gasteiger partial charge in [-0.05, 0) is 62.6 Å². The van der Waals surface area contributed by atoms with Crippen molar-refractivity contribution in [1.29, 1.82) is 0 Å². The number of amides is 2. The summed E-state index contributed by atoms with van der Waals surface area (Å²) >= 11 is 3.20. The highest BCUT2D eigenvalue weighted by Gasteiger charge is 2.38. The molecule has 1 saturated heterocycles. The monoisotopic (exact) mass is 445 g/mol. The number of carbonyl (C=O) groups excluding carboxylic acids is 2. The van der Waals surface area contributed by atoms with E-state index < -0.39 is 11.7 Å². The van der Waals surface area contributed by atoms with Crippen molar-refractivity contribution in [3.05, 3.63) is 57.8 Å². The lowest BCUT2D eigenvalue weighted by Gasteiger charge is -2.47. The molecule has 0 saturated carbocycles. The molecule has 2 aliphatic heterocycles. The Morgan fingerprint density at radius 1 is 1.25 bits per heavy atom. The summed E-state index contributed by atoms with van der Waals surface area (Å²) in [6, 6.07) is 9.56. The van der Waals surface area contributed by atoms with Gasteiger partial charge in [0.1, 0.15) is 12.0 Å². The van der Waals surface area contributed by atoms with Gasteiger partial charge >= 0.3 is 0 Å². The van der Waals surface area contributed by atoms with Gasteiger partial charge in [0.2, 0.25) is 0 Å². The van der Waals surface area contributed by atoms with Crippen LogP contribution in [0.2, 0.25) is 0 Å². The first-order chi connectivity index (χ1) is 13.5. The minimum absolute atomic E-state index is 0.0234. The average molecular weight is 446 g/mol. The Balaban J connectivity index is 1.66. The van der Waals surface area contributed by atoms with Crippen molar-refractivity contribution < 1.29 is 14.0 Å². The molecule has 28 heavy (non-hydrogen) atoms. The van der Waals surface area contributed by atoms with Gasteiger partial charge in [0.15, 0.2) is 0 Å². The third-order valence-electron chi connectivity index (χ3n) is 5.41. The number of rotatable bonds is 3. The molecular formula is C21H21BrFN3O2. The van der Waals surface area contributed by atoms with Crippen LogP contribution in [0.4, 0.5) is 15.8 Å². The van der Waals surface area contributed by atoms with E-state index in [0.29, 0.717) is 15.6 Å². The van der Waals surface area contributed by atoms with Crippen LogP contribution < -0.4 is 10.2 Å². The molecule has 0 aromatic heterocycles. The van der Waals surface area contributed by atoms with Crippen LogP contribution in [-0.2, 0) is 0 Å². The van der Waals surface area contributed by atoms with Crippen molar-refractivity contribution in [2.24, 2.45) is 0 Å². The fourth-order valence-corrected chi connectivity index (χ4v) is 4.38. The quantitative estimate of drug-likeness (QED) is 0.748. The summed E-state index contributed by atoms with van der Waals surface area (Å²) in [7, 11) is 0. The average Bonchev–Trinajstić information content (AvgIpc) is 2.70. The Hall–Kier alpha value is -2.41. The van der Waals surface area contributed by atoms with Crippen LogP contribution in [0.15, 0.2) is 40.9 Å². The van der Waals surface area contributed by atoms with Gasteiger partial charge in [-0.25, -0.2) is 4.39 Å². The number of fused-ring (bicyclic) bond motifs is 2. The van der Waals surface area contributed by atoms with E-state index in [2.05, 4.69) is 33.1 Å². The minimum atomic E-state index is -0.510. The van der Waals surface area contributed by atoms with E-state index in [1.807, 2.05) is 4.90 Å². The highest BCUT2D eigenvalue weighted by Crippen LogP contribution is 2.36. The second-order valence-corrected chi connectivity index (χ2v) is 7.99. The molecule has 5 nitrogen and oxygen atoms in total. The van der Waals surface area contributed by atoms with Gasteiger partial charge in [0.25, 0.3) is 11.8 Å². The van der Waals surface area contributed by atoms with Gasteiger partial charge in [-0.3, -0.25) is 9.59 Å². The number of carbonyl (C=O) groups is 2. The molecule has 2 amide bonds. The summed E-state index contributed by atoms with van der Waals surface area (Å²) in [6.07, 6.45) is 3.08. The van der Waals surface area contributed by atoms with Gasteiger partial charge in [0.05, 0.1) is 16.9 Å². The third kappa shape index (κ3) is 3.28. The maximum Gasteiger partial charge on any atom is 0.257 e. The molecule has 2 aliphatic rings. The standard InChI is InChI=1S/C21H21BrFN3O2/c1-2-25-18-11-13(20(27)24-17-9-7-14(22)12-16(17)23)6-8-15(18)21(28)26-10-4-3-5-19(25)26/h6-9,11-12,19H,2-5,10H2,1H3,(H,24,27)/t19-/m0/s1. The third-order valence-corrected chi connectivity index (χ3v) is 5.90. The lowest BCUT2D eigenvalue weighted by Crippen LogP contribution is -2.57. The highest BCUT2D eigenvalue weighted by atomic mass is 79.9. The summed E-state index contributed by atoms with van der Waals surface area (Å²) in [5.41, 5.74) is 1.91. The maximum atomic E-state index is 14.1. The predicted octanol–water partition coefficient (Wildman–Crippen LogP) is 4.63. The molecule has 0 unspecified atom stereocenters. The molecule has 2 heterocycles. The van der Waals surface area contributed by atoms with E-state index in [-0.39, 0.29) is 17.8 Å². The van der Waals surface area contributed by atoms with Crippen molar-refractivity contribution in [2.45, 2.75) is 32.4 Å². The summed E-state index contributed by atoms with van der Waals surface area (Å²) < 4.78 is 14.7. The van der Waals surface area contributed by atoms with Gasteiger partial charge in [-0.15, -0.1) is 0 Å². The van der Waals surface area contributed by atoms with Crippen molar-refractivity contribution in [3.63, 3.8) is 0 Å². The molecule has 0 bridgehead atoms. The molecule has 1 N–H and O–H groups in total. The summed E-state index contributed by atoms with van der Waals surface area (Å²) in [6.45, 7) is 3.56. The number of anilines is 2. The van der Waals surface area contributed by atoms with Crippen molar-refractivity contribution in [3.8, 4) is 0 Å². The van der Waals surface area contributed by atoms with Crippen LogP contribution in [0.3, 0.4) is 0 Å².